The molecule has 1 fully saturated rings. The number of aryl methyl sites for hydroxylation is 3. The molecule has 3 heterocycles. The Bertz CT molecular complexity index is 775. The third kappa shape index (κ3) is 3.46. The standard InChI is InChI=1S/C18H21N5O/c1-12-4-5-15(10-19)17(21-12)23-8-6-16(7-9-23)24-18-14(3)20-11-13(2)22-18/h4-5,11,16H,6-9H2,1-3H3. The van der Waals surface area contributed by atoms with Crippen molar-refractivity contribution >= 4 is 5.82 Å². The highest BCUT2D eigenvalue weighted by atomic mass is 16.5. The van der Waals surface area contributed by atoms with Crippen molar-refractivity contribution in [2.75, 3.05) is 18.0 Å². The van der Waals surface area contributed by atoms with Gasteiger partial charge in [0.15, 0.2) is 0 Å². The van der Waals surface area contributed by atoms with Gasteiger partial charge in [-0.1, -0.05) is 0 Å². The lowest BCUT2D eigenvalue weighted by Gasteiger charge is -2.33. The highest BCUT2D eigenvalue weighted by Gasteiger charge is 2.24. The van der Waals surface area contributed by atoms with Crippen molar-refractivity contribution in [3.8, 4) is 11.9 Å². The number of pyridine rings is 1. The molecule has 0 saturated carbocycles. The van der Waals surface area contributed by atoms with E-state index in [1.807, 2.05) is 32.9 Å². The van der Waals surface area contributed by atoms with E-state index in [-0.39, 0.29) is 6.10 Å². The van der Waals surface area contributed by atoms with Crippen LogP contribution >= 0.6 is 0 Å². The van der Waals surface area contributed by atoms with Crippen molar-refractivity contribution in [1.82, 2.24) is 15.0 Å². The van der Waals surface area contributed by atoms with Gasteiger partial charge in [-0.2, -0.15) is 5.26 Å². The smallest absolute Gasteiger partial charge is 0.235 e. The fourth-order valence-electron chi connectivity index (χ4n) is 2.84. The molecule has 0 unspecified atom stereocenters. The summed E-state index contributed by atoms with van der Waals surface area (Å²) in [7, 11) is 0. The molecule has 2 aromatic rings. The first kappa shape index (κ1) is 16.2. The molecule has 1 aliphatic rings. The van der Waals surface area contributed by atoms with Crippen LogP contribution < -0.4 is 9.64 Å². The van der Waals surface area contributed by atoms with Crippen molar-refractivity contribution < 1.29 is 4.74 Å². The predicted molar refractivity (Wildman–Crippen MR) is 91.1 cm³/mol. The Hall–Kier alpha value is -2.68. The molecule has 6 nitrogen and oxygen atoms in total. The van der Waals surface area contributed by atoms with Gasteiger partial charge in [0.05, 0.1) is 17.0 Å². The molecule has 1 aliphatic heterocycles. The molecular formula is C18H21N5O. The first-order chi connectivity index (χ1) is 11.6. The molecule has 24 heavy (non-hydrogen) atoms. The van der Waals surface area contributed by atoms with Crippen LogP contribution in [0.4, 0.5) is 5.82 Å². The average Bonchev–Trinajstić information content (AvgIpc) is 2.59. The van der Waals surface area contributed by atoms with Gasteiger partial charge in [-0.3, -0.25) is 4.98 Å². The highest BCUT2D eigenvalue weighted by Crippen LogP contribution is 2.25. The van der Waals surface area contributed by atoms with Crippen LogP contribution in [-0.4, -0.2) is 34.1 Å². The Morgan fingerprint density at radius 3 is 2.58 bits per heavy atom. The van der Waals surface area contributed by atoms with Gasteiger partial charge < -0.3 is 9.64 Å². The number of hydrogen-bond acceptors (Lipinski definition) is 6. The number of hydrogen-bond donors (Lipinski definition) is 0. The molecule has 6 heteroatoms. The number of ether oxygens (including phenoxy) is 1. The topological polar surface area (TPSA) is 74.9 Å². The van der Waals surface area contributed by atoms with Crippen LogP contribution in [0.15, 0.2) is 18.3 Å². The van der Waals surface area contributed by atoms with Gasteiger partial charge in [-0.05, 0) is 32.9 Å². The summed E-state index contributed by atoms with van der Waals surface area (Å²) in [5.74, 6) is 1.40. The average molecular weight is 323 g/mol. The van der Waals surface area contributed by atoms with E-state index in [9.17, 15) is 5.26 Å². The van der Waals surface area contributed by atoms with Gasteiger partial charge in [0.25, 0.3) is 0 Å². The van der Waals surface area contributed by atoms with E-state index in [1.54, 1.807) is 6.20 Å². The van der Waals surface area contributed by atoms with E-state index in [2.05, 4.69) is 25.9 Å². The Morgan fingerprint density at radius 2 is 1.88 bits per heavy atom. The summed E-state index contributed by atoms with van der Waals surface area (Å²) in [4.78, 5) is 15.4. The van der Waals surface area contributed by atoms with Crippen LogP contribution in [0.3, 0.4) is 0 Å². The summed E-state index contributed by atoms with van der Waals surface area (Å²) in [6.45, 7) is 7.39. The van der Waals surface area contributed by atoms with Crippen LogP contribution in [0, 0.1) is 32.1 Å². The molecule has 0 aromatic carbocycles. The number of piperidine rings is 1. The van der Waals surface area contributed by atoms with Crippen molar-refractivity contribution in [1.29, 1.82) is 5.26 Å². The van der Waals surface area contributed by atoms with Crippen molar-refractivity contribution in [3.63, 3.8) is 0 Å². The SMILES string of the molecule is Cc1cnc(C)c(OC2CCN(c3nc(C)ccc3C#N)CC2)n1. The second-order valence-electron chi connectivity index (χ2n) is 6.14. The zero-order valence-electron chi connectivity index (χ0n) is 14.3. The summed E-state index contributed by atoms with van der Waals surface area (Å²) >= 11 is 0. The van der Waals surface area contributed by atoms with Gasteiger partial charge >= 0.3 is 0 Å². The summed E-state index contributed by atoms with van der Waals surface area (Å²) in [5, 5.41) is 9.29. The van der Waals surface area contributed by atoms with Crippen LogP contribution in [0.5, 0.6) is 5.88 Å². The van der Waals surface area contributed by atoms with E-state index in [0.29, 0.717) is 11.4 Å². The van der Waals surface area contributed by atoms with E-state index in [4.69, 9.17) is 4.74 Å². The van der Waals surface area contributed by atoms with Crippen molar-refractivity contribution in [2.45, 2.75) is 39.7 Å². The second-order valence-corrected chi connectivity index (χ2v) is 6.14. The maximum atomic E-state index is 9.29. The zero-order valence-corrected chi connectivity index (χ0v) is 14.3. The van der Waals surface area contributed by atoms with Crippen molar-refractivity contribution in [3.05, 3.63) is 41.0 Å². The molecule has 0 amide bonds. The fourth-order valence-corrected chi connectivity index (χ4v) is 2.84. The molecule has 0 N–H and O–H groups in total. The van der Waals surface area contributed by atoms with Crippen molar-refractivity contribution in [2.24, 2.45) is 0 Å². The highest BCUT2D eigenvalue weighted by molar-refractivity contribution is 5.54. The van der Waals surface area contributed by atoms with E-state index < -0.39 is 0 Å². The van der Waals surface area contributed by atoms with Gasteiger partial charge in [0, 0.05) is 37.8 Å². The maximum absolute atomic E-state index is 9.29. The van der Waals surface area contributed by atoms with Gasteiger partial charge in [-0.25, -0.2) is 9.97 Å². The molecule has 0 aliphatic carbocycles. The maximum Gasteiger partial charge on any atom is 0.235 e. The fraction of sp³-hybridized carbons (Fsp3) is 0.444. The quantitative estimate of drug-likeness (QED) is 0.864. The minimum atomic E-state index is 0.117. The monoisotopic (exact) mass is 323 g/mol. The first-order valence-corrected chi connectivity index (χ1v) is 8.16. The largest absolute Gasteiger partial charge is 0.473 e. The molecule has 0 atom stereocenters. The third-order valence-electron chi connectivity index (χ3n) is 4.19. The van der Waals surface area contributed by atoms with Crippen LogP contribution in [0.2, 0.25) is 0 Å². The Labute approximate surface area is 142 Å². The van der Waals surface area contributed by atoms with E-state index >= 15 is 0 Å². The summed E-state index contributed by atoms with van der Waals surface area (Å²) in [6.07, 6.45) is 3.61. The number of anilines is 1. The Kier molecular flexibility index (Phi) is 4.61. The van der Waals surface area contributed by atoms with Gasteiger partial charge in [-0.15, -0.1) is 0 Å². The minimum Gasteiger partial charge on any atom is -0.473 e. The van der Waals surface area contributed by atoms with E-state index in [0.717, 1.165) is 48.8 Å². The molecule has 0 radical (unpaired) electrons. The summed E-state index contributed by atoms with van der Waals surface area (Å²) in [6, 6.07) is 5.94. The van der Waals surface area contributed by atoms with E-state index in [1.165, 1.54) is 0 Å². The molecule has 124 valence electrons. The molecule has 0 spiro atoms. The molecule has 3 rings (SSSR count). The normalized spacial score (nSPS) is 15.2. The first-order valence-electron chi connectivity index (χ1n) is 8.16. The Balaban J connectivity index is 1.67. The predicted octanol–water partition coefficient (Wildman–Crippen LogP) is 2.72. The zero-order chi connectivity index (χ0) is 17.1. The van der Waals surface area contributed by atoms with Crippen LogP contribution in [0.25, 0.3) is 0 Å². The molecule has 0 bridgehead atoms. The molecule has 1 saturated heterocycles. The van der Waals surface area contributed by atoms with Crippen LogP contribution in [-0.2, 0) is 0 Å². The lowest BCUT2D eigenvalue weighted by Crippen LogP contribution is -2.39. The Morgan fingerprint density at radius 1 is 1.12 bits per heavy atom. The number of nitrogens with zero attached hydrogens (tertiary/aromatic N) is 5. The van der Waals surface area contributed by atoms with Gasteiger partial charge in [0.1, 0.15) is 18.0 Å². The summed E-state index contributed by atoms with van der Waals surface area (Å²) in [5.41, 5.74) is 3.22. The number of nitriles is 1. The third-order valence-corrected chi connectivity index (χ3v) is 4.19. The van der Waals surface area contributed by atoms with Gasteiger partial charge in [0.2, 0.25) is 5.88 Å². The van der Waals surface area contributed by atoms with Crippen LogP contribution in [0.1, 0.15) is 35.5 Å². The number of aromatic nitrogens is 3. The molecule has 2 aromatic heterocycles. The summed E-state index contributed by atoms with van der Waals surface area (Å²) < 4.78 is 6.05. The second kappa shape index (κ2) is 6.83. The lowest BCUT2D eigenvalue weighted by molar-refractivity contribution is 0.161. The molecular weight excluding hydrogens is 302 g/mol. The minimum absolute atomic E-state index is 0.117. The number of rotatable bonds is 3. The lowest BCUT2D eigenvalue weighted by atomic mass is 10.1.